The largest absolute Gasteiger partial charge is 0.382 e. The number of rotatable bonds is 7. The van der Waals surface area contributed by atoms with Crippen molar-refractivity contribution in [2.24, 2.45) is 11.7 Å². The van der Waals surface area contributed by atoms with Crippen LogP contribution in [0.4, 0.5) is 15.9 Å². The number of nitrogens with zero attached hydrogens (tertiary/aromatic N) is 6. The molecule has 0 aliphatic carbocycles. The topological polar surface area (TPSA) is 180 Å². The summed E-state index contributed by atoms with van der Waals surface area (Å²) in [4.78, 5) is 36.6. The van der Waals surface area contributed by atoms with Crippen LogP contribution in [0.2, 0.25) is 0 Å². The first-order valence-electron chi connectivity index (χ1n) is 11.5. The van der Waals surface area contributed by atoms with E-state index in [1.165, 1.54) is 20.8 Å². The number of carbonyl (C=O) groups is 2. The second kappa shape index (κ2) is 9.94. The number of amides is 1. The summed E-state index contributed by atoms with van der Waals surface area (Å²) in [6.07, 6.45) is 3.32. The van der Waals surface area contributed by atoms with Gasteiger partial charge in [-0.05, 0) is 12.1 Å². The predicted octanol–water partition coefficient (Wildman–Crippen LogP) is -0.0760. The number of carbonyl (C=O) groups excluding carboxylic acids is 2. The molecule has 1 aliphatic rings. The third kappa shape index (κ3) is 4.49. The molecule has 4 aromatic rings. The zero-order chi connectivity index (χ0) is 26.1. The van der Waals surface area contributed by atoms with E-state index in [2.05, 4.69) is 20.5 Å². The van der Waals surface area contributed by atoms with E-state index in [1.54, 1.807) is 12.3 Å². The van der Waals surface area contributed by atoms with Gasteiger partial charge in [0.2, 0.25) is 0 Å². The average molecular weight is 508 g/mol. The minimum Gasteiger partial charge on any atom is -0.382 e. The number of hydrogen-bond donors (Lipinski definition) is 5. The Balaban J connectivity index is 1.31. The molecule has 192 valence electrons. The standard InChI is InChI=1S/C23H26FN11O2/c24-16-13-29-21(34-7-6-17(25)31-34)19-18(16)15(12-28-19)20(36)22(37)32-8-10-33(11-9-32)23(30-26)35(27)14-4-2-1-3-5-14/h1-7,12-13,23,28,30H,8-11,26-27H2,(H2,25,31). The van der Waals surface area contributed by atoms with Crippen molar-refractivity contribution in [3.05, 3.63) is 66.4 Å². The van der Waals surface area contributed by atoms with Crippen molar-refractivity contribution in [3.63, 3.8) is 0 Å². The highest BCUT2D eigenvalue weighted by atomic mass is 19.1. The number of hydrazine groups is 2. The van der Waals surface area contributed by atoms with Crippen LogP contribution in [0.1, 0.15) is 10.4 Å². The van der Waals surface area contributed by atoms with Crippen molar-refractivity contribution < 1.29 is 14.0 Å². The monoisotopic (exact) mass is 507 g/mol. The van der Waals surface area contributed by atoms with Gasteiger partial charge in [0.15, 0.2) is 17.9 Å². The number of aromatic nitrogens is 4. The molecule has 13 nitrogen and oxygen atoms in total. The fourth-order valence-corrected chi connectivity index (χ4v) is 4.43. The van der Waals surface area contributed by atoms with Crippen LogP contribution in [-0.4, -0.2) is 73.7 Å². The molecule has 0 spiro atoms. The Morgan fingerprint density at radius 1 is 1.14 bits per heavy atom. The quantitative estimate of drug-likeness (QED) is 0.0746. The maximum atomic E-state index is 14.8. The number of ketones is 1. The molecule has 3 aromatic heterocycles. The van der Waals surface area contributed by atoms with Crippen LogP contribution in [0.25, 0.3) is 16.7 Å². The zero-order valence-electron chi connectivity index (χ0n) is 19.7. The van der Waals surface area contributed by atoms with Crippen molar-refractivity contribution >= 4 is 34.1 Å². The Hall–Kier alpha value is -4.37. The number of fused-ring (bicyclic) bond motifs is 1. The molecule has 0 bridgehead atoms. The first-order valence-corrected chi connectivity index (χ1v) is 11.5. The van der Waals surface area contributed by atoms with Gasteiger partial charge in [-0.15, -0.1) is 5.10 Å². The summed E-state index contributed by atoms with van der Waals surface area (Å²) in [6, 6.07) is 10.9. The number of H-pyrrole nitrogens is 1. The maximum absolute atomic E-state index is 14.8. The van der Waals surface area contributed by atoms with Crippen LogP contribution < -0.4 is 27.9 Å². The SMILES string of the molecule is NNC(N1CCN(C(=O)C(=O)c2c[nH]c3c(-n4ccc(N)n4)ncc(F)c23)CC1)N(N)c1ccccc1. The number of halogens is 1. The normalized spacial score (nSPS) is 15.2. The first-order chi connectivity index (χ1) is 17.9. The Morgan fingerprint density at radius 3 is 2.51 bits per heavy atom. The lowest BCUT2D eigenvalue weighted by atomic mass is 10.1. The lowest BCUT2D eigenvalue weighted by molar-refractivity contribution is -0.128. The van der Waals surface area contributed by atoms with Crippen LogP contribution in [0.15, 0.2) is 55.0 Å². The lowest BCUT2D eigenvalue weighted by Gasteiger charge is -2.42. The van der Waals surface area contributed by atoms with Crippen molar-refractivity contribution in [2.75, 3.05) is 36.9 Å². The molecule has 8 N–H and O–H groups in total. The molecule has 14 heteroatoms. The predicted molar refractivity (Wildman–Crippen MR) is 134 cm³/mol. The number of pyridine rings is 1. The molecule has 0 saturated carbocycles. The number of anilines is 2. The third-order valence-electron chi connectivity index (χ3n) is 6.32. The smallest absolute Gasteiger partial charge is 0.295 e. The van der Waals surface area contributed by atoms with Crippen molar-refractivity contribution in [2.45, 2.75) is 6.29 Å². The van der Waals surface area contributed by atoms with Crippen molar-refractivity contribution in [1.29, 1.82) is 0 Å². The number of hydrogen-bond acceptors (Lipinski definition) is 10. The summed E-state index contributed by atoms with van der Waals surface area (Å²) in [5.41, 5.74) is 9.27. The second-order valence-corrected chi connectivity index (χ2v) is 8.51. The highest BCUT2D eigenvalue weighted by Crippen LogP contribution is 2.26. The Bertz CT molecular complexity index is 1430. The van der Waals surface area contributed by atoms with E-state index < -0.39 is 23.8 Å². The van der Waals surface area contributed by atoms with E-state index in [-0.39, 0.29) is 41.2 Å². The molecule has 5 rings (SSSR count). The third-order valence-corrected chi connectivity index (χ3v) is 6.32. The molecule has 1 amide bonds. The number of nitrogen functional groups attached to an aromatic ring is 1. The van der Waals surface area contributed by atoms with Crippen LogP contribution in [0, 0.1) is 5.82 Å². The number of nitrogens with one attached hydrogen (secondary N) is 2. The van der Waals surface area contributed by atoms with E-state index in [0.29, 0.717) is 13.1 Å². The zero-order valence-corrected chi connectivity index (χ0v) is 19.7. The van der Waals surface area contributed by atoms with Gasteiger partial charge in [0.25, 0.3) is 11.7 Å². The molecule has 4 heterocycles. The van der Waals surface area contributed by atoms with Crippen molar-refractivity contribution in [3.8, 4) is 5.82 Å². The number of aromatic amines is 1. The number of Topliss-reactive ketones (excluding diaryl/α,β-unsaturated/α-hetero) is 1. The van der Waals surface area contributed by atoms with E-state index in [9.17, 15) is 14.0 Å². The fraction of sp³-hybridized carbons (Fsp3) is 0.217. The molecule has 1 saturated heterocycles. The van der Waals surface area contributed by atoms with Crippen LogP contribution in [-0.2, 0) is 4.79 Å². The lowest BCUT2D eigenvalue weighted by Crippen LogP contribution is -2.65. The first kappa shape index (κ1) is 24.3. The highest BCUT2D eigenvalue weighted by Gasteiger charge is 2.32. The van der Waals surface area contributed by atoms with E-state index >= 15 is 0 Å². The van der Waals surface area contributed by atoms with E-state index in [0.717, 1.165) is 11.9 Å². The molecule has 1 aliphatic heterocycles. The molecule has 37 heavy (non-hydrogen) atoms. The van der Waals surface area contributed by atoms with Gasteiger partial charge in [0, 0.05) is 44.6 Å². The molecule has 1 atom stereocenters. The number of piperazine rings is 1. The molecule has 1 unspecified atom stereocenters. The molecular weight excluding hydrogens is 481 g/mol. The molecule has 1 aromatic carbocycles. The molecule has 1 fully saturated rings. The summed E-state index contributed by atoms with van der Waals surface area (Å²) in [6.45, 7) is 1.34. The van der Waals surface area contributed by atoms with Gasteiger partial charge in [-0.2, -0.15) is 0 Å². The average Bonchev–Trinajstić information content (AvgIpc) is 3.57. The van der Waals surface area contributed by atoms with Crippen LogP contribution >= 0.6 is 0 Å². The van der Waals surface area contributed by atoms with Crippen LogP contribution in [0.5, 0.6) is 0 Å². The van der Waals surface area contributed by atoms with Gasteiger partial charge in [-0.1, -0.05) is 18.2 Å². The Kier molecular flexibility index (Phi) is 6.54. The summed E-state index contributed by atoms with van der Waals surface area (Å²) in [5.74, 6) is 10.2. The Labute approximate surface area is 210 Å². The summed E-state index contributed by atoms with van der Waals surface area (Å²) in [5, 5.41) is 5.54. The van der Waals surface area contributed by atoms with Gasteiger partial charge >= 0.3 is 0 Å². The van der Waals surface area contributed by atoms with Gasteiger partial charge in [0.05, 0.1) is 28.4 Å². The van der Waals surface area contributed by atoms with E-state index in [4.69, 9.17) is 17.4 Å². The highest BCUT2D eigenvalue weighted by molar-refractivity contribution is 6.45. The summed E-state index contributed by atoms with van der Waals surface area (Å²) < 4.78 is 16.1. The number of nitrogens with two attached hydrogens (primary N) is 3. The number of benzene rings is 1. The van der Waals surface area contributed by atoms with Gasteiger partial charge in [-0.3, -0.25) is 25.3 Å². The minimum absolute atomic E-state index is 0.0370. The maximum Gasteiger partial charge on any atom is 0.295 e. The molecular formula is C23H26FN11O2. The summed E-state index contributed by atoms with van der Waals surface area (Å²) >= 11 is 0. The minimum atomic E-state index is -0.825. The fourth-order valence-electron chi connectivity index (χ4n) is 4.43. The van der Waals surface area contributed by atoms with Gasteiger partial charge in [0.1, 0.15) is 5.82 Å². The van der Waals surface area contributed by atoms with Crippen molar-refractivity contribution in [1.82, 2.24) is 35.0 Å². The second-order valence-electron chi connectivity index (χ2n) is 8.51. The van der Waals surface area contributed by atoms with Gasteiger partial charge < -0.3 is 15.6 Å². The van der Waals surface area contributed by atoms with E-state index in [1.807, 2.05) is 35.2 Å². The number of para-hydroxylation sites is 1. The summed E-state index contributed by atoms with van der Waals surface area (Å²) in [7, 11) is 0. The van der Waals surface area contributed by atoms with Crippen LogP contribution in [0.3, 0.4) is 0 Å². The van der Waals surface area contributed by atoms with Gasteiger partial charge in [-0.25, -0.2) is 25.3 Å². The molecule has 0 radical (unpaired) electrons. The Morgan fingerprint density at radius 2 is 1.86 bits per heavy atom.